The van der Waals surface area contributed by atoms with E-state index in [-0.39, 0.29) is 42.4 Å². The van der Waals surface area contributed by atoms with Crippen molar-refractivity contribution in [2.75, 3.05) is 0 Å². The minimum atomic E-state index is -1.33. The molecular weight excluding hydrogens is 247 g/mol. The molecule has 0 atom stereocenters. The summed E-state index contributed by atoms with van der Waals surface area (Å²) in [5.74, 6) is -2.12. The molecule has 0 heterocycles. The van der Waals surface area contributed by atoms with Crippen LogP contribution in [0.2, 0.25) is 0 Å². The molecule has 0 aromatic carbocycles. The smallest absolute Gasteiger partial charge is 0.550 e. The van der Waals surface area contributed by atoms with Crippen molar-refractivity contribution in [3.63, 3.8) is 0 Å². The van der Waals surface area contributed by atoms with Crippen molar-refractivity contribution in [3.8, 4) is 0 Å². The van der Waals surface area contributed by atoms with Crippen LogP contribution in [0.1, 0.15) is 52.4 Å². The summed E-state index contributed by atoms with van der Waals surface area (Å²) in [5, 5.41) is 10.1. The Labute approximate surface area is 130 Å². The molecule has 0 aromatic rings. The van der Waals surface area contributed by atoms with Crippen LogP contribution in [0.3, 0.4) is 0 Å². The number of carbonyl (C=O) groups is 3. The van der Waals surface area contributed by atoms with Crippen LogP contribution >= 0.6 is 0 Å². The molecule has 0 saturated heterocycles. The summed E-state index contributed by atoms with van der Waals surface area (Å²) < 4.78 is 4.44. The van der Waals surface area contributed by atoms with Gasteiger partial charge in [0.25, 0.3) is 0 Å². The van der Waals surface area contributed by atoms with Crippen LogP contribution in [-0.2, 0) is 19.1 Å². The van der Waals surface area contributed by atoms with Crippen LogP contribution in [0, 0.1) is 5.92 Å². The van der Waals surface area contributed by atoms with Gasteiger partial charge in [-0.3, -0.25) is 9.59 Å². The SMILES string of the molecule is CC(C)CCCCC(=O)OC(=O)CCC(=O)[O-].[Na+]. The average molecular weight is 266 g/mol. The first-order chi connectivity index (χ1) is 7.91. The van der Waals surface area contributed by atoms with E-state index in [0.29, 0.717) is 12.3 Å². The molecule has 0 bridgehead atoms. The van der Waals surface area contributed by atoms with Gasteiger partial charge < -0.3 is 14.6 Å². The van der Waals surface area contributed by atoms with Gasteiger partial charge >= 0.3 is 41.5 Å². The van der Waals surface area contributed by atoms with E-state index in [4.69, 9.17) is 0 Å². The maximum absolute atomic E-state index is 11.1. The van der Waals surface area contributed by atoms with Crippen molar-refractivity contribution < 1.29 is 53.8 Å². The van der Waals surface area contributed by atoms with E-state index in [1.807, 2.05) is 0 Å². The number of esters is 2. The standard InChI is InChI=1S/C12H20O5.Na/c1-9(2)5-3-4-6-11(15)17-12(16)8-7-10(13)14;/h9H,3-8H2,1-2H3,(H,13,14);/q;+1/p-1. The third-order valence-corrected chi connectivity index (χ3v) is 2.17. The molecule has 0 aromatic heterocycles. The van der Waals surface area contributed by atoms with Crippen LogP contribution in [0.15, 0.2) is 0 Å². The minimum absolute atomic E-state index is 0. The Bertz CT molecular complexity index is 276. The second-order valence-electron chi connectivity index (χ2n) is 4.36. The number of unbranched alkanes of at least 4 members (excludes halogenated alkanes) is 1. The summed E-state index contributed by atoms with van der Waals surface area (Å²) in [6.45, 7) is 4.20. The number of rotatable bonds is 8. The fraction of sp³-hybridized carbons (Fsp3) is 0.750. The van der Waals surface area contributed by atoms with E-state index in [0.717, 1.165) is 12.8 Å². The molecule has 5 nitrogen and oxygen atoms in total. The normalized spacial score (nSPS) is 9.72. The van der Waals surface area contributed by atoms with Gasteiger partial charge in [-0.1, -0.05) is 26.7 Å². The zero-order valence-electron chi connectivity index (χ0n) is 11.4. The van der Waals surface area contributed by atoms with Crippen molar-refractivity contribution in [2.24, 2.45) is 5.92 Å². The minimum Gasteiger partial charge on any atom is -0.550 e. The number of hydrogen-bond donors (Lipinski definition) is 0. The molecule has 0 fully saturated rings. The number of hydrogen-bond acceptors (Lipinski definition) is 5. The Morgan fingerprint density at radius 3 is 2.06 bits per heavy atom. The second-order valence-corrected chi connectivity index (χ2v) is 4.36. The fourth-order valence-electron chi connectivity index (χ4n) is 1.26. The van der Waals surface area contributed by atoms with Gasteiger partial charge in [-0.15, -0.1) is 0 Å². The predicted octanol–water partition coefficient (Wildman–Crippen LogP) is -2.19. The monoisotopic (exact) mass is 266 g/mol. The van der Waals surface area contributed by atoms with Gasteiger partial charge in [0, 0.05) is 12.4 Å². The molecule has 0 N–H and O–H groups in total. The summed E-state index contributed by atoms with van der Waals surface area (Å²) in [6.07, 6.45) is 2.10. The average Bonchev–Trinajstić information content (AvgIpc) is 2.21. The molecule has 98 valence electrons. The molecule has 0 rings (SSSR count). The van der Waals surface area contributed by atoms with Crippen molar-refractivity contribution >= 4 is 17.9 Å². The first-order valence-corrected chi connectivity index (χ1v) is 5.85. The Kier molecular flexibility index (Phi) is 12.9. The number of carbonyl (C=O) groups excluding carboxylic acids is 3. The molecule has 0 radical (unpaired) electrons. The molecule has 0 amide bonds. The van der Waals surface area contributed by atoms with E-state index < -0.39 is 24.3 Å². The zero-order valence-corrected chi connectivity index (χ0v) is 13.4. The van der Waals surface area contributed by atoms with Gasteiger partial charge in [0.15, 0.2) is 0 Å². The van der Waals surface area contributed by atoms with Gasteiger partial charge in [0.1, 0.15) is 0 Å². The Balaban J connectivity index is 0. The van der Waals surface area contributed by atoms with Crippen molar-refractivity contribution in [2.45, 2.75) is 52.4 Å². The van der Waals surface area contributed by atoms with Crippen molar-refractivity contribution in [1.82, 2.24) is 0 Å². The third kappa shape index (κ3) is 13.7. The van der Waals surface area contributed by atoms with Gasteiger partial charge in [-0.25, -0.2) is 0 Å². The van der Waals surface area contributed by atoms with Crippen LogP contribution in [0.4, 0.5) is 0 Å². The summed E-state index contributed by atoms with van der Waals surface area (Å²) >= 11 is 0. The van der Waals surface area contributed by atoms with E-state index in [1.165, 1.54) is 0 Å². The molecule has 0 aliphatic heterocycles. The van der Waals surface area contributed by atoms with Crippen LogP contribution in [0.25, 0.3) is 0 Å². The molecule has 0 spiro atoms. The quantitative estimate of drug-likeness (QED) is 0.216. The molecule has 6 heteroatoms. The fourth-order valence-corrected chi connectivity index (χ4v) is 1.26. The number of carboxylic acids is 1. The number of carboxylic acid groups (broad SMARTS) is 1. The predicted molar refractivity (Wildman–Crippen MR) is 58.6 cm³/mol. The topological polar surface area (TPSA) is 83.5 Å². The Hall–Kier alpha value is -0.390. The second kappa shape index (κ2) is 11.7. The summed E-state index contributed by atoms with van der Waals surface area (Å²) in [4.78, 5) is 32.2. The van der Waals surface area contributed by atoms with Gasteiger partial charge in [-0.05, 0) is 18.8 Å². The first kappa shape index (κ1) is 19.9. The van der Waals surface area contributed by atoms with E-state index in [1.54, 1.807) is 0 Å². The van der Waals surface area contributed by atoms with Crippen molar-refractivity contribution in [3.05, 3.63) is 0 Å². The molecule has 18 heavy (non-hydrogen) atoms. The molecule has 0 aliphatic carbocycles. The van der Waals surface area contributed by atoms with Crippen LogP contribution in [0.5, 0.6) is 0 Å². The van der Waals surface area contributed by atoms with Gasteiger partial charge in [0.05, 0.1) is 6.42 Å². The van der Waals surface area contributed by atoms with E-state index >= 15 is 0 Å². The summed E-state index contributed by atoms with van der Waals surface area (Å²) in [7, 11) is 0. The zero-order chi connectivity index (χ0) is 13.3. The van der Waals surface area contributed by atoms with E-state index in [9.17, 15) is 19.5 Å². The van der Waals surface area contributed by atoms with Crippen LogP contribution in [-0.4, -0.2) is 17.9 Å². The summed E-state index contributed by atoms with van der Waals surface area (Å²) in [5.41, 5.74) is 0. The summed E-state index contributed by atoms with van der Waals surface area (Å²) in [6, 6.07) is 0. The number of ether oxygens (including phenoxy) is 1. The first-order valence-electron chi connectivity index (χ1n) is 5.85. The molecular formula is C12H19NaO5. The molecule has 0 saturated carbocycles. The van der Waals surface area contributed by atoms with Gasteiger partial charge in [-0.2, -0.15) is 0 Å². The third-order valence-electron chi connectivity index (χ3n) is 2.17. The van der Waals surface area contributed by atoms with Crippen molar-refractivity contribution in [1.29, 1.82) is 0 Å². The maximum atomic E-state index is 11.1. The molecule has 0 unspecified atom stereocenters. The number of aliphatic carboxylic acids is 1. The largest absolute Gasteiger partial charge is 1.00 e. The van der Waals surface area contributed by atoms with Crippen LogP contribution < -0.4 is 34.7 Å². The maximum Gasteiger partial charge on any atom is 1.00 e. The van der Waals surface area contributed by atoms with E-state index in [2.05, 4.69) is 18.6 Å². The molecule has 0 aliphatic rings. The van der Waals surface area contributed by atoms with Gasteiger partial charge in [0.2, 0.25) is 0 Å². The Morgan fingerprint density at radius 2 is 1.56 bits per heavy atom. The Morgan fingerprint density at radius 1 is 1.00 bits per heavy atom.